The average molecular weight is 321 g/mol. The summed E-state index contributed by atoms with van der Waals surface area (Å²) in [5.41, 5.74) is 0.868. The van der Waals surface area contributed by atoms with Crippen molar-refractivity contribution in [2.45, 2.75) is 57.5 Å². The van der Waals surface area contributed by atoms with Crippen LogP contribution in [-0.4, -0.2) is 52.3 Å². The number of amides is 2. The van der Waals surface area contributed by atoms with Crippen molar-refractivity contribution in [3.05, 3.63) is 16.1 Å². The molecule has 0 bridgehead atoms. The van der Waals surface area contributed by atoms with E-state index in [0.717, 1.165) is 42.9 Å². The van der Waals surface area contributed by atoms with E-state index in [1.165, 1.54) is 0 Å². The van der Waals surface area contributed by atoms with Gasteiger partial charge in [-0.3, -0.25) is 9.59 Å². The third kappa shape index (κ3) is 3.02. The van der Waals surface area contributed by atoms with Gasteiger partial charge in [0.15, 0.2) is 0 Å². The third-order valence-corrected chi connectivity index (χ3v) is 5.67. The molecule has 5 nitrogen and oxygen atoms in total. The molecule has 2 atom stereocenters. The van der Waals surface area contributed by atoms with Gasteiger partial charge < -0.3 is 9.80 Å². The molecule has 0 radical (unpaired) electrons. The highest BCUT2D eigenvalue weighted by Gasteiger charge is 2.39. The molecule has 1 aromatic rings. The molecule has 2 amide bonds. The quantitative estimate of drug-likeness (QED) is 0.837. The minimum absolute atomic E-state index is 0.155. The van der Waals surface area contributed by atoms with Crippen molar-refractivity contribution in [3.63, 3.8) is 0 Å². The zero-order valence-corrected chi connectivity index (χ0v) is 14.1. The van der Waals surface area contributed by atoms with E-state index in [0.29, 0.717) is 12.8 Å². The molecule has 3 heterocycles. The van der Waals surface area contributed by atoms with Gasteiger partial charge in [0.25, 0.3) is 0 Å². The fraction of sp³-hybridized carbons (Fsp3) is 0.688. The first-order valence-corrected chi connectivity index (χ1v) is 8.90. The van der Waals surface area contributed by atoms with E-state index >= 15 is 0 Å². The minimum atomic E-state index is 0.155. The smallest absolute Gasteiger partial charge is 0.228 e. The van der Waals surface area contributed by atoms with Crippen LogP contribution in [0.5, 0.6) is 0 Å². The second-order valence-electron chi connectivity index (χ2n) is 6.30. The number of carbonyl (C=O) groups is 2. The van der Waals surface area contributed by atoms with Gasteiger partial charge in [0.05, 0.1) is 29.2 Å². The normalized spacial score (nSPS) is 25.8. The highest BCUT2D eigenvalue weighted by molar-refractivity contribution is 7.09. The lowest BCUT2D eigenvalue weighted by atomic mass is 9.92. The second-order valence-corrected chi connectivity index (χ2v) is 7.36. The minimum Gasteiger partial charge on any atom is -0.341 e. The van der Waals surface area contributed by atoms with Crippen LogP contribution in [0.2, 0.25) is 0 Å². The largest absolute Gasteiger partial charge is 0.341 e. The predicted octanol–water partition coefficient (Wildman–Crippen LogP) is 2.00. The molecular weight excluding hydrogens is 298 g/mol. The summed E-state index contributed by atoms with van der Waals surface area (Å²) in [5, 5.41) is 2.97. The molecule has 2 saturated heterocycles. The number of carbonyl (C=O) groups excluding carboxylic acids is 2. The van der Waals surface area contributed by atoms with Gasteiger partial charge in [-0.05, 0) is 32.6 Å². The van der Waals surface area contributed by atoms with Crippen molar-refractivity contribution < 1.29 is 9.59 Å². The Bertz CT molecular complexity index is 571. The molecule has 1 aromatic heterocycles. The first-order valence-electron chi connectivity index (χ1n) is 8.02. The maximum atomic E-state index is 12.7. The number of likely N-dealkylation sites (N-methyl/N-ethyl adjacent to an activating group) is 1. The number of piperidine rings is 1. The van der Waals surface area contributed by atoms with Crippen LogP contribution in [0, 0.1) is 6.92 Å². The maximum absolute atomic E-state index is 12.7. The van der Waals surface area contributed by atoms with Crippen molar-refractivity contribution in [3.8, 4) is 0 Å². The van der Waals surface area contributed by atoms with E-state index in [2.05, 4.69) is 4.98 Å². The van der Waals surface area contributed by atoms with E-state index in [1.807, 2.05) is 29.2 Å². The summed E-state index contributed by atoms with van der Waals surface area (Å²) in [7, 11) is 1.89. The molecule has 0 spiro atoms. The van der Waals surface area contributed by atoms with Crippen LogP contribution in [0.1, 0.15) is 42.8 Å². The van der Waals surface area contributed by atoms with Crippen LogP contribution >= 0.6 is 11.3 Å². The summed E-state index contributed by atoms with van der Waals surface area (Å²) >= 11 is 1.59. The molecule has 0 saturated carbocycles. The van der Waals surface area contributed by atoms with E-state index in [9.17, 15) is 9.59 Å². The van der Waals surface area contributed by atoms with Gasteiger partial charge in [-0.25, -0.2) is 4.98 Å². The highest BCUT2D eigenvalue weighted by atomic mass is 32.1. The van der Waals surface area contributed by atoms with Gasteiger partial charge in [-0.2, -0.15) is 0 Å². The van der Waals surface area contributed by atoms with Gasteiger partial charge >= 0.3 is 0 Å². The van der Waals surface area contributed by atoms with Crippen LogP contribution < -0.4 is 0 Å². The average Bonchev–Trinajstić information content (AvgIpc) is 2.84. The van der Waals surface area contributed by atoms with Crippen LogP contribution in [0.3, 0.4) is 0 Å². The molecule has 0 aliphatic carbocycles. The molecule has 6 heteroatoms. The molecule has 0 N–H and O–H groups in total. The molecule has 2 aliphatic heterocycles. The van der Waals surface area contributed by atoms with Gasteiger partial charge in [0.2, 0.25) is 11.8 Å². The van der Waals surface area contributed by atoms with Crippen LogP contribution in [0.25, 0.3) is 0 Å². The summed E-state index contributed by atoms with van der Waals surface area (Å²) in [6.07, 6.45) is 4.78. The van der Waals surface area contributed by atoms with Crippen molar-refractivity contribution >= 4 is 23.2 Å². The van der Waals surface area contributed by atoms with Gasteiger partial charge in [0, 0.05) is 25.4 Å². The Labute approximate surface area is 135 Å². The topological polar surface area (TPSA) is 53.5 Å². The predicted molar refractivity (Wildman–Crippen MR) is 85.7 cm³/mol. The fourth-order valence-electron chi connectivity index (χ4n) is 3.72. The number of rotatable bonds is 2. The lowest BCUT2D eigenvalue weighted by Crippen LogP contribution is -2.56. The molecule has 22 heavy (non-hydrogen) atoms. The maximum Gasteiger partial charge on any atom is 0.228 e. The zero-order chi connectivity index (χ0) is 15.7. The number of likely N-dealkylation sites (tertiary alicyclic amines) is 2. The van der Waals surface area contributed by atoms with Crippen LogP contribution in [0.15, 0.2) is 5.38 Å². The first kappa shape index (κ1) is 15.5. The summed E-state index contributed by atoms with van der Waals surface area (Å²) in [6, 6.07) is 0.363. The Morgan fingerprint density at radius 3 is 2.86 bits per heavy atom. The number of thiazole rings is 1. The number of aryl methyl sites for hydroxylation is 1. The molecule has 2 aliphatic rings. The van der Waals surface area contributed by atoms with Gasteiger partial charge in [0.1, 0.15) is 0 Å². The third-order valence-electron chi connectivity index (χ3n) is 4.84. The monoisotopic (exact) mass is 321 g/mol. The van der Waals surface area contributed by atoms with Crippen molar-refractivity contribution in [1.82, 2.24) is 14.8 Å². The molecular formula is C16H23N3O2S. The SMILES string of the molecule is Cc1nc(CC(=O)N2CCC[C@@H]3[C@H]2CCCC(=O)N3C)cs1. The summed E-state index contributed by atoms with van der Waals surface area (Å²) in [4.78, 5) is 33.1. The Balaban J connectivity index is 1.74. The lowest BCUT2D eigenvalue weighted by molar-refractivity contribution is -0.140. The molecule has 0 aromatic carbocycles. The standard InChI is InChI=1S/C16H23N3O2S/c1-11-17-12(10-22-11)9-16(21)19-8-4-6-13-14(19)5-3-7-15(20)18(13)2/h10,13-14H,3-9H2,1-2H3/t13-,14-/m1/s1. The highest BCUT2D eigenvalue weighted by Crippen LogP contribution is 2.29. The Kier molecular flexibility index (Phi) is 4.47. The second kappa shape index (κ2) is 6.36. The number of fused-ring (bicyclic) bond motifs is 1. The Hall–Kier alpha value is -1.43. The number of hydrogen-bond donors (Lipinski definition) is 0. The summed E-state index contributed by atoms with van der Waals surface area (Å²) < 4.78 is 0. The van der Waals surface area contributed by atoms with Gasteiger partial charge in [-0.15, -0.1) is 11.3 Å². The van der Waals surface area contributed by atoms with E-state index in [-0.39, 0.29) is 23.9 Å². The molecule has 2 fully saturated rings. The number of aromatic nitrogens is 1. The molecule has 0 unspecified atom stereocenters. The van der Waals surface area contributed by atoms with E-state index in [1.54, 1.807) is 11.3 Å². The fourth-order valence-corrected chi connectivity index (χ4v) is 4.33. The van der Waals surface area contributed by atoms with Crippen LogP contribution in [-0.2, 0) is 16.0 Å². The zero-order valence-electron chi connectivity index (χ0n) is 13.2. The number of hydrogen-bond acceptors (Lipinski definition) is 4. The lowest BCUT2D eigenvalue weighted by Gasteiger charge is -2.43. The first-order chi connectivity index (χ1) is 10.6. The Morgan fingerprint density at radius 1 is 1.36 bits per heavy atom. The van der Waals surface area contributed by atoms with Crippen molar-refractivity contribution in [2.75, 3.05) is 13.6 Å². The number of nitrogens with zero attached hydrogens (tertiary/aromatic N) is 3. The molecule has 120 valence electrons. The van der Waals surface area contributed by atoms with Crippen molar-refractivity contribution in [1.29, 1.82) is 0 Å². The Morgan fingerprint density at radius 2 is 2.14 bits per heavy atom. The summed E-state index contributed by atoms with van der Waals surface area (Å²) in [6.45, 7) is 2.77. The van der Waals surface area contributed by atoms with Gasteiger partial charge in [-0.1, -0.05) is 0 Å². The molecule has 3 rings (SSSR count). The van der Waals surface area contributed by atoms with E-state index in [4.69, 9.17) is 0 Å². The summed E-state index contributed by atoms with van der Waals surface area (Å²) in [5.74, 6) is 0.375. The van der Waals surface area contributed by atoms with Crippen LogP contribution in [0.4, 0.5) is 0 Å². The van der Waals surface area contributed by atoms with Crippen molar-refractivity contribution in [2.24, 2.45) is 0 Å². The van der Waals surface area contributed by atoms with E-state index < -0.39 is 0 Å².